The van der Waals surface area contributed by atoms with Crippen molar-refractivity contribution in [1.82, 2.24) is 5.32 Å². The van der Waals surface area contributed by atoms with Crippen LogP contribution in [-0.4, -0.2) is 12.5 Å². The first-order valence-electron chi connectivity index (χ1n) is 7.93. The van der Waals surface area contributed by atoms with Crippen molar-refractivity contribution in [3.63, 3.8) is 0 Å². The average Bonchev–Trinajstić information content (AvgIpc) is 3.06. The molecule has 1 aromatic carbocycles. The number of hydrogen-bond acceptors (Lipinski definition) is 2. The Hall–Kier alpha value is -1.87. The van der Waals surface area contributed by atoms with E-state index in [1.165, 1.54) is 42.6 Å². The van der Waals surface area contributed by atoms with E-state index in [9.17, 15) is 4.79 Å². The molecule has 0 atom stereocenters. The molecule has 3 heteroatoms. The van der Waals surface area contributed by atoms with Crippen LogP contribution in [0.4, 0.5) is 0 Å². The van der Waals surface area contributed by atoms with Crippen LogP contribution in [0.5, 0.6) is 0 Å². The lowest BCUT2D eigenvalue weighted by atomic mass is 9.97. The van der Waals surface area contributed by atoms with Gasteiger partial charge in [-0.25, -0.2) is 0 Å². The molecule has 3 rings (SSSR count). The zero-order valence-electron chi connectivity index (χ0n) is 12.7. The lowest BCUT2D eigenvalue weighted by Crippen LogP contribution is -2.24. The van der Waals surface area contributed by atoms with Gasteiger partial charge < -0.3 is 5.32 Å². The van der Waals surface area contributed by atoms with E-state index in [-0.39, 0.29) is 5.91 Å². The summed E-state index contributed by atoms with van der Waals surface area (Å²) in [6.07, 6.45) is 8.33. The van der Waals surface area contributed by atoms with Gasteiger partial charge >= 0.3 is 0 Å². The fraction of sp³-hybridized carbons (Fsp3) is 0.316. The number of carbonyl (C=O) groups excluding carboxylic acids is 1. The van der Waals surface area contributed by atoms with Crippen molar-refractivity contribution in [1.29, 1.82) is 0 Å². The maximum Gasteiger partial charge on any atom is 0.261 e. The molecule has 0 saturated carbocycles. The van der Waals surface area contributed by atoms with Crippen molar-refractivity contribution in [3.05, 3.63) is 58.3 Å². The van der Waals surface area contributed by atoms with E-state index in [4.69, 9.17) is 0 Å². The quantitative estimate of drug-likeness (QED) is 0.770. The standard InChI is InChI=1S/C19H21NOS/c21-19(20-13-11-15-7-3-1-4-8-15)18-17(12-14-22-18)16-9-5-2-6-10-16/h2,5-7,9-10,12,14H,1,3-4,8,11,13H2,(H,20,21). The summed E-state index contributed by atoms with van der Waals surface area (Å²) in [5.41, 5.74) is 3.63. The number of benzene rings is 1. The third kappa shape index (κ3) is 3.66. The van der Waals surface area contributed by atoms with Crippen molar-refractivity contribution >= 4 is 17.2 Å². The molecule has 1 aliphatic carbocycles. The van der Waals surface area contributed by atoms with E-state index in [0.717, 1.165) is 29.0 Å². The Morgan fingerprint density at radius 2 is 2.00 bits per heavy atom. The molecule has 2 nitrogen and oxygen atoms in total. The first-order valence-corrected chi connectivity index (χ1v) is 8.81. The third-order valence-corrected chi connectivity index (χ3v) is 4.99. The molecule has 1 aliphatic rings. The molecule has 0 unspecified atom stereocenters. The van der Waals surface area contributed by atoms with Gasteiger partial charge in [0, 0.05) is 12.1 Å². The first kappa shape index (κ1) is 15.0. The van der Waals surface area contributed by atoms with Crippen LogP contribution in [0.25, 0.3) is 11.1 Å². The van der Waals surface area contributed by atoms with Gasteiger partial charge in [-0.15, -0.1) is 11.3 Å². The van der Waals surface area contributed by atoms with E-state index in [2.05, 4.69) is 11.4 Å². The minimum atomic E-state index is 0.0465. The summed E-state index contributed by atoms with van der Waals surface area (Å²) < 4.78 is 0. The van der Waals surface area contributed by atoms with Gasteiger partial charge in [-0.3, -0.25) is 4.79 Å². The maximum atomic E-state index is 12.4. The minimum Gasteiger partial charge on any atom is -0.351 e. The highest BCUT2D eigenvalue weighted by molar-refractivity contribution is 7.12. The maximum absolute atomic E-state index is 12.4. The lowest BCUT2D eigenvalue weighted by Gasteiger charge is -2.13. The van der Waals surface area contributed by atoms with Gasteiger partial charge in [-0.1, -0.05) is 42.0 Å². The Bertz CT molecular complexity index is 657. The molecule has 1 heterocycles. The van der Waals surface area contributed by atoms with E-state index < -0.39 is 0 Å². The number of nitrogens with one attached hydrogen (secondary N) is 1. The second-order valence-electron chi connectivity index (χ2n) is 5.64. The van der Waals surface area contributed by atoms with Crippen molar-refractivity contribution in [3.8, 4) is 11.1 Å². The Morgan fingerprint density at radius 3 is 2.77 bits per heavy atom. The van der Waals surface area contributed by atoms with Crippen LogP contribution in [0, 0.1) is 0 Å². The average molecular weight is 311 g/mol. The van der Waals surface area contributed by atoms with Gasteiger partial charge in [-0.05, 0) is 49.1 Å². The lowest BCUT2D eigenvalue weighted by molar-refractivity contribution is 0.0958. The van der Waals surface area contributed by atoms with Crippen LogP contribution in [0.15, 0.2) is 53.4 Å². The summed E-state index contributed by atoms with van der Waals surface area (Å²) in [4.78, 5) is 13.2. The molecule has 2 aromatic rings. The predicted octanol–water partition coefficient (Wildman–Crippen LogP) is 5.04. The summed E-state index contributed by atoms with van der Waals surface area (Å²) in [6, 6.07) is 12.1. The molecule has 0 saturated heterocycles. The monoisotopic (exact) mass is 311 g/mol. The fourth-order valence-electron chi connectivity index (χ4n) is 2.88. The summed E-state index contributed by atoms with van der Waals surface area (Å²) in [6.45, 7) is 0.733. The van der Waals surface area contributed by atoms with Crippen molar-refractivity contribution in [2.75, 3.05) is 6.54 Å². The highest BCUT2D eigenvalue weighted by Crippen LogP contribution is 2.28. The highest BCUT2D eigenvalue weighted by atomic mass is 32.1. The van der Waals surface area contributed by atoms with E-state index in [0.29, 0.717) is 0 Å². The summed E-state index contributed by atoms with van der Waals surface area (Å²) in [5, 5.41) is 5.06. The second-order valence-corrected chi connectivity index (χ2v) is 6.56. The van der Waals surface area contributed by atoms with Crippen LogP contribution in [0.3, 0.4) is 0 Å². The van der Waals surface area contributed by atoms with Crippen LogP contribution >= 0.6 is 11.3 Å². The molecule has 0 bridgehead atoms. The normalized spacial score (nSPS) is 14.5. The molecule has 0 fully saturated rings. The first-order chi connectivity index (χ1) is 10.8. The topological polar surface area (TPSA) is 29.1 Å². The highest BCUT2D eigenvalue weighted by Gasteiger charge is 2.14. The number of rotatable bonds is 5. The Balaban J connectivity index is 1.61. The molecular weight excluding hydrogens is 290 g/mol. The van der Waals surface area contributed by atoms with E-state index in [1.807, 2.05) is 41.8 Å². The Morgan fingerprint density at radius 1 is 1.14 bits per heavy atom. The van der Waals surface area contributed by atoms with Gasteiger partial charge in [0.25, 0.3) is 5.91 Å². The zero-order chi connectivity index (χ0) is 15.2. The molecule has 1 aromatic heterocycles. The van der Waals surface area contributed by atoms with Gasteiger partial charge in [0.1, 0.15) is 0 Å². The van der Waals surface area contributed by atoms with Gasteiger partial charge in [0.05, 0.1) is 4.88 Å². The number of thiophene rings is 1. The molecule has 0 spiro atoms. The van der Waals surface area contributed by atoms with E-state index >= 15 is 0 Å². The van der Waals surface area contributed by atoms with Crippen LogP contribution in [0.1, 0.15) is 41.8 Å². The molecule has 22 heavy (non-hydrogen) atoms. The van der Waals surface area contributed by atoms with Gasteiger partial charge in [0.15, 0.2) is 0 Å². The molecule has 0 radical (unpaired) electrons. The smallest absolute Gasteiger partial charge is 0.261 e. The van der Waals surface area contributed by atoms with Gasteiger partial charge in [-0.2, -0.15) is 0 Å². The van der Waals surface area contributed by atoms with Crippen LogP contribution < -0.4 is 5.32 Å². The van der Waals surface area contributed by atoms with Gasteiger partial charge in [0.2, 0.25) is 0 Å². The Kier molecular flexibility index (Phi) is 5.07. The Labute approximate surface area is 135 Å². The molecule has 114 valence electrons. The SMILES string of the molecule is O=C(NCCC1=CCCCC1)c1sccc1-c1ccccc1. The van der Waals surface area contributed by atoms with Crippen molar-refractivity contribution in [2.24, 2.45) is 0 Å². The van der Waals surface area contributed by atoms with E-state index in [1.54, 1.807) is 0 Å². The summed E-state index contributed by atoms with van der Waals surface area (Å²) >= 11 is 1.51. The molecule has 0 aliphatic heterocycles. The molecular formula is C19H21NOS. The predicted molar refractivity (Wildman–Crippen MR) is 93.3 cm³/mol. The number of carbonyl (C=O) groups is 1. The summed E-state index contributed by atoms with van der Waals surface area (Å²) in [7, 11) is 0. The second kappa shape index (κ2) is 7.41. The molecule has 1 N–H and O–H groups in total. The number of allylic oxidation sites excluding steroid dienone is 1. The zero-order valence-corrected chi connectivity index (χ0v) is 13.5. The van der Waals surface area contributed by atoms with Crippen molar-refractivity contribution < 1.29 is 4.79 Å². The minimum absolute atomic E-state index is 0.0465. The number of hydrogen-bond donors (Lipinski definition) is 1. The van der Waals surface area contributed by atoms with Crippen molar-refractivity contribution in [2.45, 2.75) is 32.1 Å². The van der Waals surface area contributed by atoms with Crippen LogP contribution in [-0.2, 0) is 0 Å². The molecule has 1 amide bonds. The van der Waals surface area contributed by atoms with Crippen LogP contribution in [0.2, 0.25) is 0 Å². The summed E-state index contributed by atoms with van der Waals surface area (Å²) in [5.74, 6) is 0.0465. The number of amides is 1. The largest absolute Gasteiger partial charge is 0.351 e. The fourth-order valence-corrected chi connectivity index (χ4v) is 3.71. The third-order valence-electron chi connectivity index (χ3n) is 4.07.